The van der Waals surface area contributed by atoms with E-state index in [0.717, 1.165) is 37.8 Å². The minimum absolute atomic E-state index is 0.687. The molecule has 1 aromatic heterocycles. The Labute approximate surface area is 108 Å². The lowest BCUT2D eigenvalue weighted by atomic mass is 10.1. The Bertz CT molecular complexity index is 380. The fourth-order valence-corrected chi connectivity index (χ4v) is 2.52. The van der Waals surface area contributed by atoms with Crippen LogP contribution in [0.2, 0.25) is 0 Å². The van der Waals surface area contributed by atoms with E-state index in [2.05, 4.69) is 27.3 Å². The standard InChI is InChI=1S/C13H22N4O/c1-2-3-12-15-13(18-16-12)17-8-6-11(7-9-17)14-10-4-5-10/h10-11,14H,2-9H2,1H3. The maximum absolute atomic E-state index is 5.33. The zero-order valence-electron chi connectivity index (χ0n) is 11.1. The SMILES string of the molecule is CCCc1noc(N2CCC(NC3CC3)CC2)n1. The van der Waals surface area contributed by atoms with Crippen LogP contribution in [0.15, 0.2) is 4.52 Å². The Morgan fingerprint density at radius 2 is 1.94 bits per heavy atom. The lowest BCUT2D eigenvalue weighted by Gasteiger charge is -2.31. The van der Waals surface area contributed by atoms with Crippen LogP contribution in [0.1, 0.15) is 44.9 Å². The highest BCUT2D eigenvalue weighted by molar-refractivity contribution is 5.26. The molecule has 18 heavy (non-hydrogen) atoms. The van der Waals surface area contributed by atoms with E-state index in [0.29, 0.717) is 12.1 Å². The number of piperidine rings is 1. The van der Waals surface area contributed by atoms with Gasteiger partial charge in [-0.25, -0.2) is 0 Å². The molecule has 0 atom stereocenters. The van der Waals surface area contributed by atoms with E-state index in [1.165, 1.54) is 25.7 Å². The summed E-state index contributed by atoms with van der Waals surface area (Å²) in [5, 5.41) is 7.71. The summed E-state index contributed by atoms with van der Waals surface area (Å²) >= 11 is 0. The Morgan fingerprint density at radius 1 is 1.22 bits per heavy atom. The molecule has 0 spiro atoms. The maximum Gasteiger partial charge on any atom is 0.324 e. The normalized spacial score (nSPS) is 21.5. The largest absolute Gasteiger partial charge is 0.324 e. The monoisotopic (exact) mass is 250 g/mol. The van der Waals surface area contributed by atoms with Gasteiger partial charge in [-0.3, -0.25) is 0 Å². The Kier molecular flexibility index (Phi) is 3.50. The van der Waals surface area contributed by atoms with Crippen LogP contribution in [0.3, 0.4) is 0 Å². The van der Waals surface area contributed by atoms with Gasteiger partial charge < -0.3 is 14.7 Å². The van der Waals surface area contributed by atoms with Crippen molar-refractivity contribution in [3.63, 3.8) is 0 Å². The van der Waals surface area contributed by atoms with Crippen LogP contribution < -0.4 is 10.2 Å². The molecule has 2 fully saturated rings. The molecule has 2 aliphatic rings. The smallest absolute Gasteiger partial charge is 0.324 e. The second-order valence-corrected chi connectivity index (χ2v) is 5.45. The van der Waals surface area contributed by atoms with Crippen molar-refractivity contribution in [3.05, 3.63) is 5.82 Å². The molecule has 100 valence electrons. The quantitative estimate of drug-likeness (QED) is 0.862. The van der Waals surface area contributed by atoms with Crippen LogP contribution in [0.25, 0.3) is 0 Å². The highest BCUT2D eigenvalue weighted by Gasteiger charge is 2.28. The number of aromatic nitrogens is 2. The van der Waals surface area contributed by atoms with Crippen LogP contribution in [-0.4, -0.2) is 35.3 Å². The fraction of sp³-hybridized carbons (Fsp3) is 0.846. The number of rotatable bonds is 5. The zero-order valence-corrected chi connectivity index (χ0v) is 11.1. The molecule has 1 saturated carbocycles. The molecular weight excluding hydrogens is 228 g/mol. The van der Waals surface area contributed by atoms with E-state index < -0.39 is 0 Å². The van der Waals surface area contributed by atoms with Gasteiger partial charge in [0.15, 0.2) is 5.82 Å². The average Bonchev–Trinajstić information content (AvgIpc) is 3.07. The second kappa shape index (κ2) is 5.26. The summed E-state index contributed by atoms with van der Waals surface area (Å²) in [4.78, 5) is 6.67. The molecule has 0 unspecified atom stereocenters. The molecule has 1 N–H and O–H groups in total. The van der Waals surface area contributed by atoms with Crippen molar-refractivity contribution in [2.75, 3.05) is 18.0 Å². The number of hydrogen-bond acceptors (Lipinski definition) is 5. The third-order valence-corrected chi connectivity index (χ3v) is 3.75. The van der Waals surface area contributed by atoms with Gasteiger partial charge in [-0.1, -0.05) is 12.1 Å². The number of nitrogens with zero attached hydrogens (tertiary/aromatic N) is 3. The van der Waals surface area contributed by atoms with Crippen molar-refractivity contribution in [3.8, 4) is 0 Å². The van der Waals surface area contributed by atoms with Crippen LogP contribution >= 0.6 is 0 Å². The highest BCUT2D eigenvalue weighted by Crippen LogP contribution is 2.23. The highest BCUT2D eigenvalue weighted by atomic mass is 16.5. The predicted molar refractivity (Wildman–Crippen MR) is 69.7 cm³/mol. The van der Waals surface area contributed by atoms with Crippen LogP contribution in [0.4, 0.5) is 6.01 Å². The van der Waals surface area contributed by atoms with Crippen molar-refractivity contribution in [1.29, 1.82) is 0 Å². The molecule has 1 aliphatic heterocycles. The van der Waals surface area contributed by atoms with Gasteiger partial charge in [0.25, 0.3) is 0 Å². The Hall–Kier alpha value is -1.10. The summed E-state index contributed by atoms with van der Waals surface area (Å²) in [5.41, 5.74) is 0. The first-order valence-corrected chi connectivity index (χ1v) is 7.18. The van der Waals surface area contributed by atoms with Gasteiger partial charge in [0.2, 0.25) is 0 Å². The first-order valence-electron chi connectivity index (χ1n) is 7.18. The van der Waals surface area contributed by atoms with Crippen molar-refractivity contribution in [1.82, 2.24) is 15.5 Å². The molecule has 3 rings (SSSR count). The second-order valence-electron chi connectivity index (χ2n) is 5.45. The van der Waals surface area contributed by atoms with Gasteiger partial charge >= 0.3 is 6.01 Å². The molecule has 0 radical (unpaired) electrons. The molecule has 0 bridgehead atoms. The molecule has 0 amide bonds. The fourth-order valence-electron chi connectivity index (χ4n) is 2.52. The van der Waals surface area contributed by atoms with E-state index in [1.807, 2.05) is 0 Å². The predicted octanol–water partition coefficient (Wildman–Crippen LogP) is 1.74. The zero-order chi connectivity index (χ0) is 12.4. The Morgan fingerprint density at radius 3 is 2.61 bits per heavy atom. The lowest BCUT2D eigenvalue weighted by molar-refractivity contribution is 0.368. The van der Waals surface area contributed by atoms with Crippen molar-refractivity contribution in [2.45, 2.75) is 57.5 Å². The van der Waals surface area contributed by atoms with E-state index in [-0.39, 0.29) is 0 Å². The number of aryl methyl sites for hydroxylation is 1. The molecule has 2 heterocycles. The minimum atomic E-state index is 0.687. The van der Waals surface area contributed by atoms with Gasteiger partial charge in [-0.15, -0.1) is 0 Å². The van der Waals surface area contributed by atoms with Gasteiger partial charge in [-0.2, -0.15) is 4.98 Å². The molecular formula is C13H22N4O. The summed E-state index contributed by atoms with van der Waals surface area (Å²) in [6.07, 6.45) is 7.06. The van der Waals surface area contributed by atoms with E-state index in [1.54, 1.807) is 0 Å². The summed E-state index contributed by atoms with van der Waals surface area (Å²) in [7, 11) is 0. The molecule has 1 saturated heterocycles. The van der Waals surface area contributed by atoms with Crippen LogP contribution in [0, 0.1) is 0 Å². The number of anilines is 1. The van der Waals surface area contributed by atoms with Gasteiger partial charge in [0.1, 0.15) is 0 Å². The van der Waals surface area contributed by atoms with Crippen molar-refractivity contribution < 1.29 is 4.52 Å². The lowest BCUT2D eigenvalue weighted by Crippen LogP contribution is -2.43. The topological polar surface area (TPSA) is 54.2 Å². The molecule has 5 nitrogen and oxygen atoms in total. The van der Waals surface area contributed by atoms with E-state index in [9.17, 15) is 0 Å². The Balaban J connectivity index is 1.51. The van der Waals surface area contributed by atoms with Crippen molar-refractivity contribution in [2.24, 2.45) is 0 Å². The summed E-state index contributed by atoms with van der Waals surface area (Å²) in [6.45, 7) is 4.18. The van der Waals surface area contributed by atoms with E-state index in [4.69, 9.17) is 4.52 Å². The summed E-state index contributed by atoms with van der Waals surface area (Å²) < 4.78 is 5.33. The number of nitrogens with one attached hydrogen (secondary N) is 1. The van der Waals surface area contributed by atoms with Crippen LogP contribution in [-0.2, 0) is 6.42 Å². The molecule has 1 aromatic rings. The minimum Gasteiger partial charge on any atom is -0.324 e. The van der Waals surface area contributed by atoms with Gasteiger partial charge in [-0.05, 0) is 32.1 Å². The third kappa shape index (κ3) is 2.83. The van der Waals surface area contributed by atoms with Crippen molar-refractivity contribution >= 4 is 6.01 Å². The van der Waals surface area contributed by atoms with Crippen LogP contribution in [0.5, 0.6) is 0 Å². The molecule has 5 heteroatoms. The van der Waals surface area contributed by atoms with Gasteiger partial charge in [0, 0.05) is 31.6 Å². The number of hydrogen-bond donors (Lipinski definition) is 1. The third-order valence-electron chi connectivity index (χ3n) is 3.75. The molecule has 1 aliphatic carbocycles. The van der Waals surface area contributed by atoms with E-state index >= 15 is 0 Å². The van der Waals surface area contributed by atoms with Gasteiger partial charge in [0.05, 0.1) is 0 Å². The summed E-state index contributed by atoms with van der Waals surface area (Å²) in [5.74, 6) is 0.839. The summed E-state index contributed by atoms with van der Waals surface area (Å²) in [6, 6.07) is 2.20. The maximum atomic E-state index is 5.33. The first-order chi connectivity index (χ1) is 8.85. The molecule has 0 aromatic carbocycles. The average molecular weight is 250 g/mol. The first kappa shape index (κ1) is 12.0.